The highest BCUT2D eigenvalue weighted by Crippen LogP contribution is 2.10. The maximum atomic E-state index is 11.3. The van der Waals surface area contributed by atoms with E-state index < -0.39 is 0 Å². The van der Waals surface area contributed by atoms with Crippen LogP contribution >= 0.6 is 0 Å². The van der Waals surface area contributed by atoms with Crippen molar-refractivity contribution < 1.29 is 9.21 Å². The fourth-order valence-corrected chi connectivity index (χ4v) is 0.833. The first-order valence-corrected chi connectivity index (χ1v) is 3.38. The van der Waals surface area contributed by atoms with Crippen molar-refractivity contribution in [1.29, 1.82) is 5.26 Å². The SMILES string of the molecule is Cc1occc1C(=O)N(C)C#N. The maximum absolute atomic E-state index is 11.3. The minimum absolute atomic E-state index is 0.344. The van der Waals surface area contributed by atoms with Crippen molar-refractivity contribution in [2.75, 3.05) is 7.05 Å². The Bertz CT molecular complexity index is 335. The largest absolute Gasteiger partial charge is 0.469 e. The van der Waals surface area contributed by atoms with E-state index in [1.807, 2.05) is 0 Å². The Morgan fingerprint density at radius 1 is 1.75 bits per heavy atom. The van der Waals surface area contributed by atoms with Crippen LogP contribution in [0.3, 0.4) is 0 Å². The lowest BCUT2D eigenvalue weighted by Gasteiger charge is -2.04. The second-order valence-corrected chi connectivity index (χ2v) is 2.35. The molecule has 1 heterocycles. The Balaban J connectivity index is 2.94. The van der Waals surface area contributed by atoms with Gasteiger partial charge in [0.2, 0.25) is 0 Å². The Hall–Kier alpha value is -1.76. The predicted molar refractivity (Wildman–Crippen MR) is 41.2 cm³/mol. The molecule has 4 nitrogen and oxygen atoms in total. The average molecular weight is 164 g/mol. The number of nitriles is 1. The number of aryl methyl sites for hydroxylation is 1. The van der Waals surface area contributed by atoms with Crippen molar-refractivity contribution in [2.45, 2.75) is 6.92 Å². The molecule has 0 bridgehead atoms. The molecule has 1 aromatic heterocycles. The van der Waals surface area contributed by atoms with E-state index >= 15 is 0 Å². The number of rotatable bonds is 1. The Morgan fingerprint density at radius 3 is 2.83 bits per heavy atom. The van der Waals surface area contributed by atoms with E-state index in [0.717, 1.165) is 4.90 Å². The van der Waals surface area contributed by atoms with E-state index in [4.69, 9.17) is 9.68 Å². The molecule has 0 aliphatic rings. The molecule has 0 saturated carbocycles. The summed E-state index contributed by atoms with van der Waals surface area (Å²) in [4.78, 5) is 12.3. The molecule has 0 unspecified atom stereocenters. The van der Waals surface area contributed by atoms with Crippen molar-refractivity contribution in [1.82, 2.24) is 4.90 Å². The van der Waals surface area contributed by atoms with Gasteiger partial charge >= 0.3 is 0 Å². The van der Waals surface area contributed by atoms with Gasteiger partial charge in [-0.25, -0.2) is 4.90 Å². The third-order valence-electron chi connectivity index (χ3n) is 1.54. The van der Waals surface area contributed by atoms with Gasteiger partial charge in [0.25, 0.3) is 5.91 Å². The van der Waals surface area contributed by atoms with Crippen LogP contribution in [0.25, 0.3) is 0 Å². The molecule has 0 aliphatic carbocycles. The van der Waals surface area contributed by atoms with Gasteiger partial charge in [-0.05, 0) is 13.0 Å². The van der Waals surface area contributed by atoms with E-state index in [2.05, 4.69) is 0 Å². The summed E-state index contributed by atoms with van der Waals surface area (Å²) in [5.41, 5.74) is 0.430. The topological polar surface area (TPSA) is 57.2 Å². The average Bonchev–Trinajstić information content (AvgIpc) is 2.48. The Labute approximate surface area is 70.0 Å². The molecule has 62 valence electrons. The van der Waals surface area contributed by atoms with E-state index in [1.165, 1.54) is 13.3 Å². The van der Waals surface area contributed by atoms with Crippen molar-refractivity contribution in [3.63, 3.8) is 0 Å². The molecule has 4 heteroatoms. The van der Waals surface area contributed by atoms with Crippen LogP contribution in [0.1, 0.15) is 16.1 Å². The molecule has 1 amide bonds. The highest BCUT2D eigenvalue weighted by Gasteiger charge is 2.14. The lowest BCUT2D eigenvalue weighted by molar-refractivity contribution is 0.0857. The molecule has 0 atom stereocenters. The molecule has 1 rings (SSSR count). The quantitative estimate of drug-likeness (QED) is 0.462. The molecule has 0 spiro atoms. The summed E-state index contributed by atoms with van der Waals surface area (Å²) in [7, 11) is 1.41. The normalized spacial score (nSPS) is 9.08. The number of carbonyl (C=O) groups is 1. The van der Waals surface area contributed by atoms with Gasteiger partial charge in [-0.15, -0.1) is 0 Å². The van der Waals surface area contributed by atoms with Crippen molar-refractivity contribution in [2.24, 2.45) is 0 Å². The number of carbonyl (C=O) groups excluding carboxylic acids is 1. The zero-order valence-corrected chi connectivity index (χ0v) is 6.87. The van der Waals surface area contributed by atoms with Crippen LogP contribution in [0, 0.1) is 18.4 Å². The van der Waals surface area contributed by atoms with Gasteiger partial charge in [-0.1, -0.05) is 0 Å². The fourth-order valence-electron chi connectivity index (χ4n) is 0.833. The highest BCUT2D eigenvalue weighted by atomic mass is 16.3. The summed E-state index contributed by atoms with van der Waals surface area (Å²) < 4.78 is 4.92. The van der Waals surface area contributed by atoms with Crippen molar-refractivity contribution >= 4 is 5.91 Å². The lowest BCUT2D eigenvalue weighted by atomic mass is 10.2. The molecule has 0 N–H and O–H groups in total. The van der Waals surface area contributed by atoms with Gasteiger partial charge in [-0.2, -0.15) is 5.26 Å². The number of amides is 1. The first-order valence-electron chi connectivity index (χ1n) is 3.38. The molecule has 1 aromatic rings. The molecule has 0 radical (unpaired) electrons. The van der Waals surface area contributed by atoms with Crippen LogP contribution < -0.4 is 0 Å². The number of hydrogen-bond donors (Lipinski definition) is 0. The van der Waals surface area contributed by atoms with Gasteiger partial charge in [0.15, 0.2) is 6.19 Å². The van der Waals surface area contributed by atoms with Gasteiger partial charge in [0, 0.05) is 7.05 Å². The summed E-state index contributed by atoms with van der Waals surface area (Å²) in [6.07, 6.45) is 3.15. The second kappa shape index (κ2) is 3.09. The third-order valence-corrected chi connectivity index (χ3v) is 1.54. The minimum atomic E-state index is -0.344. The van der Waals surface area contributed by atoms with Gasteiger partial charge in [0.05, 0.1) is 11.8 Å². The lowest BCUT2D eigenvalue weighted by Crippen LogP contribution is -2.21. The predicted octanol–water partition coefficient (Wildman–Crippen LogP) is 1.14. The second-order valence-electron chi connectivity index (χ2n) is 2.35. The molecule has 0 fully saturated rings. The van der Waals surface area contributed by atoms with E-state index in [9.17, 15) is 4.79 Å². The van der Waals surface area contributed by atoms with Gasteiger partial charge in [-0.3, -0.25) is 4.79 Å². The van der Waals surface area contributed by atoms with E-state index in [1.54, 1.807) is 19.2 Å². The number of furan rings is 1. The van der Waals surface area contributed by atoms with Crippen LogP contribution in [0.4, 0.5) is 0 Å². The smallest absolute Gasteiger partial charge is 0.270 e. The van der Waals surface area contributed by atoms with Crippen LogP contribution in [0.15, 0.2) is 16.7 Å². The van der Waals surface area contributed by atoms with Crippen LogP contribution in [0.5, 0.6) is 0 Å². The molecule has 0 aromatic carbocycles. The van der Waals surface area contributed by atoms with Crippen LogP contribution in [0.2, 0.25) is 0 Å². The van der Waals surface area contributed by atoms with Crippen molar-refractivity contribution in [3.8, 4) is 6.19 Å². The first kappa shape index (κ1) is 8.34. The molecule has 12 heavy (non-hydrogen) atoms. The van der Waals surface area contributed by atoms with E-state index in [0.29, 0.717) is 11.3 Å². The summed E-state index contributed by atoms with van der Waals surface area (Å²) in [5, 5.41) is 8.42. The molecular weight excluding hydrogens is 156 g/mol. The first-order chi connectivity index (χ1) is 5.66. The zero-order chi connectivity index (χ0) is 9.14. The van der Waals surface area contributed by atoms with Crippen LogP contribution in [-0.4, -0.2) is 17.9 Å². The van der Waals surface area contributed by atoms with Gasteiger partial charge < -0.3 is 4.42 Å². The third kappa shape index (κ3) is 1.30. The number of nitrogens with zero attached hydrogens (tertiary/aromatic N) is 2. The van der Waals surface area contributed by atoms with E-state index in [-0.39, 0.29) is 5.91 Å². The van der Waals surface area contributed by atoms with Gasteiger partial charge in [0.1, 0.15) is 5.76 Å². The van der Waals surface area contributed by atoms with Crippen LogP contribution in [-0.2, 0) is 0 Å². The minimum Gasteiger partial charge on any atom is -0.469 e. The highest BCUT2D eigenvalue weighted by molar-refractivity contribution is 5.95. The Morgan fingerprint density at radius 2 is 2.42 bits per heavy atom. The fraction of sp³-hybridized carbons (Fsp3) is 0.250. The standard InChI is InChI=1S/C8H8N2O2/c1-6-7(3-4-12-6)8(11)10(2)5-9/h3-4H,1-2H3. The van der Waals surface area contributed by atoms with Crippen molar-refractivity contribution in [3.05, 3.63) is 23.7 Å². The molecule has 0 saturated heterocycles. The monoisotopic (exact) mass is 164 g/mol. The summed E-state index contributed by atoms with van der Waals surface area (Å²) >= 11 is 0. The molecule has 0 aliphatic heterocycles. The summed E-state index contributed by atoms with van der Waals surface area (Å²) in [6.45, 7) is 1.68. The maximum Gasteiger partial charge on any atom is 0.270 e. The number of hydrogen-bond acceptors (Lipinski definition) is 3. The summed E-state index contributed by atoms with van der Waals surface area (Å²) in [6, 6.07) is 1.55. The molecular formula is C8H8N2O2. The Kier molecular flexibility index (Phi) is 2.15. The summed E-state index contributed by atoms with van der Waals surface area (Å²) in [5.74, 6) is 0.186. The zero-order valence-electron chi connectivity index (χ0n) is 6.87.